The summed E-state index contributed by atoms with van der Waals surface area (Å²) in [5.41, 5.74) is 2.94. The zero-order valence-corrected chi connectivity index (χ0v) is 21.6. The Balaban J connectivity index is 1.19. The first-order valence-electron chi connectivity index (χ1n) is 11.6. The fourth-order valence-corrected chi connectivity index (χ4v) is 4.48. The number of unbranched alkanes of at least 4 members (excludes halogenated alkanes) is 1. The topological polar surface area (TPSA) is 87.2 Å². The molecule has 0 atom stereocenters. The van der Waals surface area contributed by atoms with Crippen LogP contribution in [0.2, 0.25) is 5.02 Å². The van der Waals surface area contributed by atoms with Crippen molar-refractivity contribution in [2.24, 2.45) is 0 Å². The summed E-state index contributed by atoms with van der Waals surface area (Å²) in [7, 11) is -3.09. The van der Waals surface area contributed by atoms with Gasteiger partial charge in [-0.3, -0.25) is 0 Å². The largest absolute Gasteiger partial charge is 0.487 e. The van der Waals surface area contributed by atoms with Gasteiger partial charge in [0.05, 0.1) is 0 Å². The molecule has 4 aromatic rings. The van der Waals surface area contributed by atoms with Crippen LogP contribution in [0.3, 0.4) is 0 Å². The molecule has 0 amide bonds. The van der Waals surface area contributed by atoms with Crippen LogP contribution in [0.4, 0.5) is 0 Å². The molecule has 7 nitrogen and oxygen atoms in total. The summed E-state index contributed by atoms with van der Waals surface area (Å²) in [6, 6.07) is 15.5. The van der Waals surface area contributed by atoms with Crippen molar-refractivity contribution < 1.29 is 17.6 Å². The molecular formula is C27H28ClN3O4S. The second kappa shape index (κ2) is 12.1. The molecule has 0 unspecified atom stereocenters. The van der Waals surface area contributed by atoms with E-state index in [-0.39, 0.29) is 5.75 Å². The summed E-state index contributed by atoms with van der Waals surface area (Å²) in [4.78, 5) is 8.59. The molecule has 0 fully saturated rings. The fraction of sp³-hybridized carbons (Fsp3) is 0.259. The van der Waals surface area contributed by atoms with Crippen LogP contribution in [0.15, 0.2) is 71.6 Å². The SMILES string of the molecule is CS(=O)(=O)Cc1nccn1CCCCc1ccc(OCc2coc(C=Cc3ccc(Cl)cc3)n2)cc1. The van der Waals surface area contributed by atoms with Crippen molar-refractivity contribution in [2.45, 2.75) is 38.2 Å². The number of aromatic nitrogens is 3. The van der Waals surface area contributed by atoms with E-state index in [9.17, 15) is 8.42 Å². The third kappa shape index (κ3) is 8.10. The van der Waals surface area contributed by atoms with Gasteiger partial charge in [-0.1, -0.05) is 35.9 Å². The maximum atomic E-state index is 11.5. The van der Waals surface area contributed by atoms with Crippen LogP contribution in [-0.2, 0) is 35.2 Å². The van der Waals surface area contributed by atoms with Crippen molar-refractivity contribution >= 4 is 33.6 Å². The van der Waals surface area contributed by atoms with Gasteiger partial charge in [0.2, 0.25) is 5.89 Å². The molecule has 0 aliphatic carbocycles. The van der Waals surface area contributed by atoms with Gasteiger partial charge in [0.1, 0.15) is 35.9 Å². The summed E-state index contributed by atoms with van der Waals surface area (Å²) >= 11 is 5.91. The Labute approximate surface area is 216 Å². The number of oxazole rings is 1. The number of hydrogen-bond donors (Lipinski definition) is 0. The van der Waals surface area contributed by atoms with Gasteiger partial charge in [-0.15, -0.1) is 0 Å². The predicted octanol–water partition coefficient (Wildman–Crippen LogP) is 5.84. The van der Waals surface area contributed by atoms with Crippen molar-refractivity contribution in [2.75, 3.05) is 6.26 Å². The number of benzene rings is 2. The van der Waals surface area contributed by atoms with Crippen molar-refractivity contribution in [3.05, 3.63) is 101 Å². The van der Waals surface area contributed by atoms with Gasteiger partial charge in [-0.05, 0) is 60.7 Å². The van der Waals surface area contributed by atoms with Gasteiger partial charge < -0.3 is 13.7 Å². The van der Waals surface area contributed by atoms with Crippen LogP contribution in [0.25, 0.3) is 12.2 Å². The van der Waals surface area contributed by atoms with Crippen LogP contribution in [0.5, 0.6) is 5.75 Å². The Hall–Kier alpha value is -3.36. The predicted molar refractivity (Wildman–Crippen MR) is 141 cm³/mol. The smallest absolute Gasteiger partial charge is 0.218 e. The van der Waals surface area contributed by atoms with Gasteiger partial charge in [0.25, 0.3) is 0 Å². The highest BCUT2D eigenvalue weighted by Crippen LogP contribution is 2.17. The van der Waals surface area contributed by atoms with Crippen molar-refractivity contribution in [1.82, 2.24) is 14.5 Å². The molecule has 2 aromatic carbocycles. The first-order valence-corrected chi connectivity index (χ1v) is 14.1. The quantitative estimate of drug-likeness (QED) is 0.216. The molecule has 9 heteroatoms. The van der Waals surface area contributed by atoms with E-state index < -0.39 is 9.84 Å². The third-order valence-corrected chi connectivity index (χ3v) is 6.51. The first-order chi connectivity index (χ1) is 17.3. The molecule has 0 spiro atoms. The summed E-state index contributed by atoms with van der Waals surface area (Å²) < 4.78 is 36.3. The van der Waals surface area contributed by atoms with E-state index in [1.54, 1.807) is 18.5 Å². The minimum absolute atomic E-state index is 0.0305. The number of hydrogen-bond acceptors (Lipinski definition) is 6. The van der Waals surface area contributed by atoms with Crippen LogP contribution in [0, 0.1) is 0 Å². The van der Waals surface area contributed by atoms with Crippen molar-refractivity contribution in [3.63, 3.8) is 0 Å². The Morgan fingerprint density at radius 1 is 1.06 bits per heavy atom. The summed E-state index contributed by atoms with van der Waals surface area (Å²) in [5, 5.41) is 0.698. The zero-order chi connectivity index (χ0) is 25.4. The van der Waals surface area contributed by atoms with Gasteiger partial charge >= 0.3 is 0 Å². The van der Waals surface area contributed by atoms with Crippen LogP contribution < -0.4 is 4.74 Å². The molecule has 0 aliphatic rings. The van der Waals surface area contributed by atoms with E-state index >= 15 is 0 Å². The first kappa shape index (κ1) is 25.7. The van der Waals surface area contributed by atoms with E-state index in [0.29, 0.717) is 29.0 Å². The van der Waals surface area contributed by atoms with E-state index in [1.165, 1.54) is 11.8 Å². The second-order valence-electron chi connectivity index (χ2n) is 8.56. The molecule has 2 heterocycles. The average Bonchev–Trinajstić information content (AvgIpc) is 3.49. The molecule has 0 saturated carbocycles. The number of rotatable bonds is 12. The third-order valence-electron chi connectivity index (χ3n) is 5.48. The molecule has 188 valence electrons. The van der Waals surface area contributed by atoms with E-state index in [4.69, 9.17) is 20.8 Å². The normalized spacial score (nSPS) is 11.8. The highest BCUT2D eigenvalue weighted by Gasteiger charge is 2.10. The van der Waals surface area contributed by atoms with E-state index in [2.05, 4.69) is 22.1 Å². The monoisotopic (exact) mass is 525 g/mol. The maximum Gasteiger partial charge on any atom is 0.218 e. The minimum Gasteiger partial charge on any atom is -0.487 e. The number of imidazole rings is 1. The maximum absolute atomic E-state index is 11.5. The Morgan fingerprint density at radius 2 is 1.83 bits per heavy atom. The lowest BCUT2D eigenvalue weighted by molar-refractivity contribution is 0.301. The van der Waals surface area contributed by atoms with Gasteiger partial charge in [0.15, 0.2) is 9.84 Å². The van der Waals surface area contributed by atoms with Crippen LogP contribution >= 0.6 is 11.6 Å². The highest BCUT2D eigenvalue weighted by molar-refractivity contribution is 7.89. The Bertz CT molecular complexity index is 1390. The van der Waals surface area contributed by atoms with Gasteiger partial charge in [0, 0.05) is 36.3 Å². The fourth-order valence-electron chi connectivity index (χ4n) is 3.65. The lowest BCUT2D eigenvalue weighted by Crippen LogP contribution is -2.09. The lowest BCUT2D eigenvalue weighted by Gasteiger charge is -2.08. The molecule has 36 heavy (non-hydrogen) atoms. The molecular weight excluding hydrogens is 498 g/mol. The summed E-state index contributed by atoms with van der Waals surface area (Å²) in [6.45, 7) is 1.07. The van der Waals surface area contributed by atoms with Crippen LogP contribution in [-0.4, -0.2) is 29.2 Å². The van der Waals surface area contributed by atoms with Crippen molar-refractivity contribution in [1.29, 1.82) is 0 Å². The van der Waals surface area contributed by atoms with Crippen molar-refractivity contribution in [3.8, 4) is 5.75 Å². The van der Waals surface area contributed by atoms with Gasteiger partial charge in [-0.25, -0.2) is 18.4 Å². The molecule has 0 N–H and O–H groups in total. The van der Waals surface area contributed by atoms with E-state index in [0.717, 1.165) is 37.1 Å². The lowest BCUT2D eigenvalue weighted by atomic mass is 10.1. The molecule has 4 rings (SSSR count). The number of halogens is 1. The Morgan fingerprint density at radius 3 is 2.58 bits per heavy atom. The number of aryl methyl sites for hydroxylation is 2. The average molecular weight is 526 g/mol. The van der Waals surface area contributed by atoms with E-state index in [1.807, 2.05) is 53.2 Å². The zero-order valence-electron chi connectivity index (χ0n) is 20.0. The molecule has 0 bridgehead atoms. The summed E-state index contributed by atoms with van der Waals surface area (Å²) in [6.07, 6.45) is 12.9. The molecule has 0 saturated heterocycles. The van der Waals surface area contributed by atoms with Gasteiger partial charge in [-0.2, -0.15) is 0 Å². The number of sulfone groups is 1. The minimum atomic E-state index is -3.09. The standard InChI is InChI=1S/C27H28ClN3O4S/c1-36(32,33)20-26-29-15-17-31(26)16-3-2-4-21-7-12-25(13-8-21)34-18-24-19-35-27(30-24)14-9-22-5-10-23(28)11-6-22/h5-15,17,19H,2-4,16,18,20H2,1H3. The molecule has 0 aliphatic heterocycles. The van der Waals surface area contributed by atoms with Crippen LogP contribution in [0.1, 0.15) is 41.4 Å². The Kier molecular flexibility index (Phi) is 8.61. The number of ether oxygens (including phenoxy) is 1. The second-order valence-corrected chi connectivity index (χ2v) is 11.1. The molecule has 2 aromatic heterocycles. The summed E-state index contributed by atoms with van der Waals surface area (Å²) in [5.74, 6) is 1.84. The molecule has 0 radical (unpaired) electrons. The number of nitrogens with zero attached hydrogens (tertiary/aromatic N) is 3. The highest BCUT2D eigenvalue weighted by atomic mass is 35.5.